The summed E-state index contributed by atoms with van der Waals surface area (Å²) in [6.45, 7) is 3.29. The van der Waals surface area contributed by atoms with Crippen LogP contribution in [-0.2, 0) is 4.74 Å². The lowest BCUT2D eigenvalue weighted by molar-refractivity contribution is -0.498. The first-order valence-electron chi connectivity index (χ1n) is 8.76. The number of aromatic nitrogens is 2. The second kappa shape index (κ2) is 6.74. The van der Waals surface area contributed by atoms with E-state index >= 15 is 0 Å². The molecule has 134 valence electrons. The molecule has 3 heterocycles. The molecule has 0 bridgehead atoms. The van der Waals surface area contributed by atoms with Crippen LogP contribution in [0.25, 0.3) is 16.9 Å². The smallest absolute Gasteiger partial charge is 0.295 e. The fourth-order valence-corrected chi connectivity index (χ4v) is 3.63. The zero-order valence-electron chi connectivity index (χ0n) is 14.6. The first-order valence-corrected chi connectivity index (χ1v) is 9.14. The summed E-state index contributed by atoms with van der Waals surface area (Å²) in [7, 11) is 0. The molecular formula is C20H21ClN3O2+. The van der Waals surface area contributed by atoms with E-state index in [2.05, 4.69) is 10.3 Å². The van der Waals surface area contributed by atoms with E-state index in [1.807, 2.05) is 60.0 Å². The number of nitrogens with zero attached hydrogens (tertiary/aromatic N) is 1. The molecular weight excluding hydrogens is 350 g/mol. The highest BCUT2D eigenvalue weighted by molar-refractivity contribution is 6.30. The first-order chi connectivity index (χ1) is 12.6. The maximum absolute atomic E-state index is 12.8. The van der Waals surface area contributed by atoms with Crippen molar-refractivity contribution in [2.75, 3.05) is 13.2 Å². The monoisotopic (exact) mass is 370 g/mol. The summed E-state index contributed by atoms with van der Waals surface area (Å²) in [6.07, 6.45) is 3.92. The van der Waals surface area contributed by atoms with Crippen molar-refractivity contribution >= 4 is 23.0 Å². The number of amides is 1. The number of ether oxygens (including phenoxy) is 1. The van der Waals surface area contributed by atoms with Gasteiger partial charge in [-0.1, -0.05) is 23.7 Å². The van der Waals surface area contributed by atoms with Gasteiger partial charge in [-0.3, -0.25) is 4.79 Å². The van der Waals surface area contributed by atoms with E-state index in [4.69, 9.17) is 16.3 Å². The lowest BCUT2D eigenvalue weighted by atomic mass is 10.0. The zero-order valence-corrected chi connectivity index (χ0v) is 15.3. The zero-order chi connectivity index (χ0) is 18.1. The van der Waals surface area contributed by atoms with Crippen molar-refractivity contribution in [2.45, 2.75) is 25.4 Å². The predicted molar refractivity (Wildman–Crippen MR) is 100 cm³/mol. The van der Waals surface area contributed by atoms with Crippen molar-refractivity contribution in [3.8, 4) is 11.4 Å². The van der Waals surface area contributed by atoms with Crippen molar-refractivity contribution in [1.29, 1.82) is 0 Å². The number of carbonyl (C=O) groups is 1. The molecule has 1 atom stereocenters. The number of carbonyl (C=O) groups excluding carboxylic acids is 1. The normalized spacial score (nSPS) is 19.8. The van der Waals surface area contributed by atoms with Gasteiger partial charge in [-0.25, -0.2) is 4.98 Å². The topological polar surface area (TPSA) is 58.2 Å². The van der Waals surface area contributed by atoms with Crippen LogP contribution in [0.4, 0.5) is 0 Å². The Morgan fingerprint density at radius 1 is 1.35 bits per heavy atom. The van der Waals surface area contributed by atoms with E-state index in [1.54, 1.807) is 0 Å². The van der Waals surface area contributed by atoms with Crippen LogP contribution in [0.2, 0.25) is 5.02 Å². The summed E-state index contributed by atoms with van der Waals surface area (Å²) in [5, 5.41) is 3.67. The molecule has 1 unspecified atom stereocenters. The average molecular weight is 371 g/mol. The molecule has 6 heteroatoms. The molecule has 1 amide bonds. The largest absolute Gasteiger partial charge is 0.373 e. The number of fused-ring (bicyclic) bond motifs is 1. The number of hydrogen-bond donors (Lipinski definition) is 2. The minimum Gasteiger partial charge on any atom is -0.373 e. The Hall–Kier alpha value is -2.37. The number of aromatic amines is 1. The van der Waals surface area contributed by atoms with E-state index in [-0.39, 0.29) is 11.5 Å². The Kier molecular flexibility index (Phi) is 4.42. The Bertz CT molecular complexity index is 961. The molecule has 2 N–H and O–H groups in total. The third-order valence-corrected chi connectivity index (χ3v) is 5.08. The van der Waals surface area contributed by atoms with Gasteiger partial charge in [0, 0.05) is 18.2 Å². The minimum absolute atomic E-state index is 0.140. The van der Waals surface area contributed by atoms with Gasteiger partial charge >= 0.3 is 0 Å². The summed E-state index contributed by atoms with van der Waals surface area (Å²) < 4.78 is 7.72. The SMILES string of the molecule is CC1(CNC(=O)c2[nH]c(-c3cccc(Cl)c3)[n+]3ccccc23)CCCO1. The van der Waals surface area contributed by atoms with E-state index in [0.717, 1.165) is 36.4 Å². The molecule has 26 heavy (non-hydrogen) atoms. The Balaban J connectivity index is 1.68. The number of rotatable bonds is 4. The molecule has 1 fully saturated rings. The molecule has 1 saturated heterocycles. The van der Waals surface area contributed by atoms with Gasteiger partial charge in [0.2, 0.25) is 5.69 Å². The lowest BCUT2D eigenvalue weighted by Crippen LogP contribution is -2.40. The van der Waals surface area contributed by atoms with Gasteiger partial charge in [-0.2, -0.15) is 4.40 Å². The third-order valence-electron chi connectivity index (χ3n) is 4.85. The number of pyridine rings is 1. The van der Waals surface area contributed by atoms with Gasteiger partial charge in [0.1, 0.15) is 0 Å². The lowest BCUT2D eigenvalue weighted by Gasteiger charge is -2.22. The van der Waals surface area contributed by atoms with E-state index in [9.17, 15) is 4.79 Å². The fourth-order valence-electron chi connectivity index (χ4n) is 3.44. The Morgan fingerprint density at radius 2 is 2.23 bits per heavy atom. The molecule has 4 rings (SSSR count). The summed E-state index contributed by atoms with van der Waals surface area (Å²) in [6, 6.07) is 13.3. The van der Waals surface area contributed by atoms with Crippen molar-refractivity contribution in [3.63, 3.8) is 0 Å². The van der Waals surface area contributed by atoms with Crippen LogP contribution in [0.3, 0.4) is 0 Å². The highest BCUT2D eigenvalue weighted by atomic mass is 35.5. The highest BCUT2D eigenvalue weighted by Gasteiger charge is 2.32. The molecule has 1 aliphatic rings. The van der Waals surface area contributed by atoms with Gasteiger partial charge in [0.15, 0.2) is 5.52 Å². The van der Waals surface area contributed by atoms with Crippen molar-refractivity contribution < 1.29 is 13.9 Å². The van der Waals surface area contributed by atoms with Gasteiger partial charge < -0.3 is 10.1 Å². The molecule has 1 aromatic carbocycles. The predicted octanol–water partition coefficient (Wildman–Crippen LogP) is 3.37. The van der Waals surface area contributed by atoms with E-state index in [1.165, 1.54) is 0 Å². The maximum atomic E-state index is 12.8. The molecule has 0 spiro atoms. The number of imidazole rings is 1. The number of nitrogens with one attached hydrogen (secondary N) is 2. The quantitative estimate of drug-likeness (QED) is 0.692. The number of halogens is 1. The molecule has 1 aliphatic heterocycles. The van der Waals surface area contributed by atoms with Crippen LogP contribution in [0.15, 0.2) is 48.7 Å². The van der Waals surface area contributed by atoms with Crippen LogP contribution in [-0.4, -0.2) is 29.6 Å². The van der Waals surface area contributed by atoms with E-state index in [0.29, 0.717) is 17.3 Å². The molecule has 0 radical (unpaired) electrons. The van der Waals surface area contributed by atoms with Gasteiger partial charge in [0.05, 0.1) is 17.4 Å². The Labute approximate surface area is 157 Å². The van der Waals surface area contributed by atoms with Crippen LogP contribution in [0.5, 0.6) is 0 Å². The standard InChI is InChI=1S/C20H20ClN3O2/c1-20(9-5-11-26-20)13-22-19(25)17-16-8-2-3-10-24(16)18(23-17)14-6-4-7-15(21)12-14/h2-4,6-8,10,12H,5,9,11,13H2,1H3,(H,22,25)/p+1. The van der Waals surface area contributed by atoms with Crippen LogP contribution >= 0.6 is 11.6 Å². The number of H-pyrrole nitrogens is 1. The third kappa shape index (κ3) is 3.20. The molecule has 0 saturated carbocycles. The fraction of sp³-hybridized carbons (Fsp3) is 0.300. The second-order valence-corrected chi connectivity index (χ2v) is 7.34. The summed E-state index contributed by atoms with van der Waals surface area (Å²) in [5.74, 6) is 0.676. The molecule has 3 aromatic rings. The molecule has 0 aliphatic carbocycles. The second-order valence-electron chi connectivity index (χ2n) is 6.90. The van der Waals surface area contributed by atoms with Crippen LogP contribution in [0.1, 0.15) is 30.3 Å². The van der Waals surface area contributed by atoms with Crippen molar-refractivity contribution in [3.05, 3.63) is 59.4 Å². The Morgan fingerprint density at radius 3 is 3.00 bits per heavy atom. The maximum Gasteiger partial charge on any atom is 0.295 e. The van der Waals surface area contributed by atoms with E-state index < -0.39 is 0 Å². The number of hydrogen-bond acceptors (Lipinski definition) is 2. The minimum atomic E-state index is -0.277. The molecule has 2 aromatic heterocycles. The summed E-state index contributed by atoms with van der Waals surface area (Å²) in [4.78, 5) is 16.1. The highest BCUT2D eigenvalue weighted by Crippen LogP contribution is 2.24. The summed E-state index contributed by atoms with van der Waals surface area (Å²) >= 11 is 6.14. The van der Waals surface area contributed by atoms with Crippen LogP contribution < -0.4 is 9.72 Å². The number of benzene rings is 1. The van der Waals surface area contributed by atoms with Crippen LogP contribution in [0, 0.1) is 0 Å². The summed E-state index contributed by atoms with van der Waals surface area (Å²) in [5.41, 5.74) is 1.99. The van der Waals surface area contributed by atoms with Gasteiger partial charge in [0.25, 0.3) is 11.7 Å². The van der Waals surface area contributed by atoms with Gasteiger partial charge in [-0.05, 0) is 50.1 Å². The first kappa shape index (κ1) is 17.1. The van der Waals surface area contributed by atoms with Crippen molar-refractivity contribution in [2.24, 2.45) is 0 Å². The molecule has 5 nitrogen and oxygen atoms in total. The average Bonchev–Trinajstić information content (AvgIpc) is 3.24. The van der Waals surface area contributed by atoms with Gasteiger partial charge in [-0.15, -0.1) is 0 Å². The van der Waals surface area contributed by atoms with Crippen molar-refractivity contribution in [1.82, 2.24) is 10.3 Å².